The van der Waals surface area contributed by atoms with Crippen molar-refractivity contribution < 1.29 is 4.39 Å². The highest BCUT2D eigenvalue weighted by Crippen LogP contribution is 2.23. The van der Waals surface area contributed by atoms with E-state index in [0.717, 1.165) is 24.3 Å². The van der Waals surface area contributed by atoms with Crippen LogP contribution in [0.4, 0.5) is 10.1 Å². The van der Waals surface area contributed by atoms with E-state index in [1.165, 1.54) is 0 Å². The van der Waals surface area contributed by atoms with E-state index in [9.17, 15) is 4.39 Å². The molecule has 1 heterocycles. The maximum atomic E-state index is 13.5. The van der Waals surface area contributed by atoms with E-state index in [0.29, 0.717) is 4.47 Å². The van der Waals surface area contributed by atoms with Crippen molar-refractivity contribution in [3.63, 3.8) is 0 Å². The van der Waals surface area contributed by atoms with Crippen LogP contribution in [-0.2, 0) is 6.54 Å². The number of benzene rings is 1. The summed E-state index contributed by atoms with van der Waals surface area (Å²) < 4.78 is 14.0. The number of anilines is 1. The number of nitrogens with zero attached hydrogens (tertiary/aromatic N) is 2. The normalized spacial score (nSPS) is 10.4. The maximum Gasteiger partial charge on any atom is 0.139 e. The first-order chi connectivity index (χ1) is 8.70. The third kappa shape index (κ3) is 3.07. The summed E-state index contributed by atoms with van der Waals surface area (Å²) in [5.74, 6) is -0.235. The minimum absolute atomic E-state index is 0.235. The van der Waals surface area contributed by atoms with Crippen LogP contribution in [-0.4, -0.2) is 11.5 Å². The van der Waals surface area contributed by atoms with E-state index in [-0.39, 0.29) is 5.82 Å². The van der Waals surface area contributed by atoms with Gasteiger partial charge in [-0.15, -0.1) is 0 Å². The predicted octanol–water partition coefficient (Wildman–Crippen LogP) is 4.01. The Morgan fingerprint density at radius 1 is 1.22 bits per heavy atom. The second-order valence-electron chi connectivity index (χ2n) is 3.97. The largest absolute Gasteiger partial charge is 0.367 e. The van der Waals surface area contributed by atoms with Crippen LogP contribution in [0.3, 0.4) is 0 Å². The van der Waals surface area contributed by atoms with Crippen LogP contribution in [0.2, 0.25) is 0 Å². The molecule has 0 atom stereocenters. The molecule has 0 aliphatic rings. The van der Waals surface area contributed by atoms with Gasteiger partial charge in [-0.3, -0.25) is 4.98 Å². The molecule has 1 aromatic heterocycles. The molecule has 0 spiro atoms. The van der Waals surface area contributed by atoms with Crippen molar-refractivity contribution in [3.05, 3.63) is 58.6 Å². The molecular formula is C14H14BrFN2. The first kappa shape index (κ1) is 13.0. The van der Waals surface area contributed by atoms with Gasteiger partial charge in [-0.05, 0) is 58.7 Å². The molecule has 0 bridgehead atoms. The van der Waals surface area contributed by atoms with Crippen molar-refractivity contribution in [2.24, 2.45) is 0 Å². The Hall–Kier alpha value is -1.42. The second-order valence-corrected chi connectivity index (χ2v) is 4.82. The summed E-state index contributed by atoms with van der Waals surface area (Å²) in [6.07, 6.45) is 3.54. The van der Waals surface area contributed by atoms with Gasteiger partial charge in [0.1, 0.15) is 5.82 Å². The molecule has 0 aliphatic heterocycles. The zero-order valence-corrected chi connectivity index (χ0v) is 11.7. The van der Waals surface area contributed by atoms with Gasteiger partial charge in [0.25, 0.3) is 0 Å². The molecule has 4 heteroatoms. The van der Waals surface area contributed by atoms with E-state index in [4.69, 9.17) is 0 Å². The van der Waals surface area contributed by atoms with E-state index in [1.807, 2.05) is 18.2 Å². The fraction of sp³-hybridized carbons (Fsp3) is 0.214. The summed E-state index contributed by atoms with van der Waals surface area (Å²) in [4.78, 5) is 6.11. The zero-order chi connectivity index (χ0) is 13.0. The second kappa shape index (κ2) is 5.96. The highest BCUT2D eigenvalue weighted by Gasteiger charge is 2.08. The molecule has 0 aliphatic carbocycles. The average Bonchev–Trinajstić information content (AvgIpc) is 2.40. The first-order valence-electron chi connectivity index (χ1n) is 5.79. The summed E-state index contributed by atoms with van der Waals surface area (Å²) in [5.41, 5.74) is 2.05. The SMILES string of the molecule is CCN(Cc1ccncc1)c1ccc(Br)c(F)c1. The maximum absolute atomic E-state index is 13.5. The van der Waals surface area contributed by atoms with Crippen molar-refractivity contribution in [2.75, 3.05) is 11.4 Å². The number of hydrogen-bond acceptors (Lipinski definition) is 2. The summed E-state index contributed by atoms with van der Waals surface area (Å²) in [7, 11) is 0. The van der Waals surface area contributed by atoms with Gasteiger partial charge in [0.15, 0.2) is 0 Å². The Balaban J connectivity index is 2.20. The molecule has 0 N–H and O–H groups in total. The lowest BCUT2D eigenvalue weighted by Gasteiger charge is -2.23. The van der Waals surface area contributed by atoms with Crippen molar-refractivity contribution in [1.82, 2.24) is 4.98 Å². The van der Waals surface area contributed by atoms with Gasteiger partial charge >= 0.3 is 0 Å². The van der Waals surface area contributed by atoms with Gasteiger partial charge in [-0.25, -0.2) is 4.39 Å². The number of hydrogen-bond donors (Lipinski definition) is 0. The minimum Gasteiger partial charge on any atom is -0.367 e. The van der Waals surface area contributed by atoms with Gasteiger partial charge in [0, 0.05) is 31.2 Å². The number of halogens is 2. The lowest BCUT2D eigenvalue weighted by molar-refractivity contribution is 0.620. The van der Waals surface area contributed by atoms with E-state index in [1.54, 1.807) is 24.5 Å². The van der Waals surface area contributed by atoms with Gasteiger partial charge in [-0.1, -0.05) is 0 Å². The predicted molar refractivity (Wildman–Crippen MR) is 75.1 cm³/mol. The highest BCUT2D eigenvalue weighted by atomic mass is 79.9. The molecule has 0 saturated heterocycles. The standard InChI is InChI=1S/C14H14BrFN2/c1-2-18(10-11-5-7-17-8-6-11)12-3-4-13(15)14(16)9-12/h3-9H,2,10H2,1H3. The van der Waals surface area contributed by atoms with Gasteiger partial charge in [0.05, 0.1) is 4.47 Å². The molecule has 0 fully saturated rings. The summed E-state index contributed by atoms with van der Waals surface area (Å²) >= 11 is 3.17. The summed E-state index contributed by atoms with van der Waals surface area (Å²) in [6.45, 7) is 3.63. The molecule has 0 saturated carbocycles. The van der Waals surface area contributed by atoms with Crippen LogP contribution in [0.15, 0.2) is 47.2 Å². The minimum atomic E-state index is -0.235. The van der Waals surface area contributed by atoms with Crippen LogP contribution in [0.1, 0.15) is 12.5 Å². The fourth-order valence-electron chi connectivity index (χ4n) is 1.78. The molecule has 2 rings (SSSR count). The fourth-order valence-corrected chi connectivity index (χ4v) is 2.02. The van der Waals surface area contributed by atoms with Crippen LogP contribution < -0.4 is 4.90 Å². The van der Waals surface area contributed by atoms with Gasteiger partial charge in [0.2, 0.25) is 0 Å². The average molecular weight is 309 g/mol. The molecule has 2 aromatic rings. The molecule has 0 radical (unpaired) electrons. The van der Waals surface area contributed by atoms with E-state index < -0.39 is 0 Å². The lowest BCUT2D eigenvalue weighted by Crippen LogP contribution is -2.22. The van der Waals surface area contributed by atoms with Gasteiger partial charge < -0.3 is 4.90 Å². The van der Waals surface area contributed by atoms with Crippen molar-refractivity contribution in [2.45, 2.75) is 13.5 Å². The third-order valence-electron chi connectivity index (χ3n) is 2.77. The molecule has 1 aromatic carbocycles. The Morgan fingerprint density at radius 2 is 1.94 bits per heavy atom. The van der Waals surface area contributed by atoms with Crippen LogP contribution in [0.5, 0.6) is 0 Å². The van der Waals surface area contributed by atoms with Crippen molar-refractivity contribution in [3.8, 4) is 0 Å². The first-order valence-corrected chi connectivity index (χ1v) is 6.59. The van der Waals surface area contributed by atoms with Crippen LogP contribution >= 0.6 is 15.9 Å². The smallest absolute Gasteiger partial charge is 0.139 e. The number of rotatable bonds is 4. The van der Waals surface area contributed by atoms with Crippen LogP contribution in [0, 0.1) is 5.82 Å². The zero-order valence-electron chi connectivity index (χ0n) is 10.1. The topological polar surface area (TPSA) is 16.1 Å². The highest BCUT2D eigenvalue weighted by molar-refractivity contribution is 9.10. The quantitative estimate of drug-likeness (QED) is 0.848. The molecule has 18 heavy (non-hydrogen) atoms. The van der Waals surface area contributed by atoms with Gasteiger partial charge in [-0.2, -0.15) is 0 Å². The Morgan fingerprint density at radius 3 is 2.56 bits per heavy atom. The van der Waals surface area contributed by atoms with E-state index >= 15 is 0 Å². The molecule has 94 valence electrons. The molecule has 0 amide bonds. The lowest BCUT2D eigenvalue weighted by atomic mass is 10.2. The van der Waals surface area contributed by atoms with Crippen molar-refractivity contribution >= 4 is 21.6 Å². The number of pyridine rings is 1. The van der Waals surface area contributed by atoms with Crippen LogP contribution in [0.25, 0.3) is 0 Å². The Kier molecular flexibility index (Phi) is 4.31. The molecular weight excluding hydrogens is 295 g/mol. The summed E-state index contributed by atoms with van der Waals surface area (Å²) in [5, 5.41) is 0. The van der Waals surface area contributed by atoms with Crippen molar-refractivity contribution in [1.29, 1.82) is 0 Å². The summed E-state index contributed by atoms with van der Waals surface area (Å²) in [6, 6.07) is 9.14. The molecule has 0 unspecified atom stereocenters. The molecule has 2 nitrogen and oxygen atoms in total. The third-order valence-corrected chi connectivity index (χ3v) is 3.42. The Labute approximate surface area is 115 Å². The Bertz CT molecular complexity index is 516. The van der Waals surface area contributed by atoms with E-state index in [2.05, 4.69) is 32.7 Å². The monoisotopic (exact) mass is 308 g/mol. The number of aromatic nitrogens is 1.